The first-order valence-corrected chi connectivity index (χ1v) is 13.8. The molecule has 13 heteroatoms. The quantitative estimate of drug-likeness (QED) is 0.292. The van der Waals surface area contributed by atoms with Gasteiger partial charge in [0.05, 0.1) is 24.4 Å². The summed E-state index contributed by atoms with van der Waals surface area (Å²) in [4.78, 5) is 50.6. The fourth-order valence-corrected chi connectivity index (χ4v) is 4.73. The van der Waals surface area contributed by atoms with Gasteiger partial charge in [0.15, 0.2) is 11.6 Å². The van der Waals surface area contributed by atoms with Crippen LogP contribution in [0.25, 0.3) is 33.5 Å². The van der Waals surface area contributed by atoms with Crippen LogP contribution in [0.3, 0.4) is 0 Å². The average Bonchev–Trinajstić information content (AvgIpc) is 3.05. The molecular formula is C31H28FN9O3. The van der Waals surface area contributed by atoms with Gasteiger partial charge in [0.2, 0.25) is 0 Å². The predicted octanol–water partition coefficient (Wildman–Crippen LogP) is 4.47. The number of benzene rings is 2. The lowest BCUT2D eigenvalue weighted by atomic mass is 10.1. The molecular weight excluding hydrogens is 565 g/mol. The minimum Gasteiger partial charge on any atom is -0.378 e. The van der Waals surface area contributed by atoms with Gasteiger partial charge in [0.1, 0.15) is 17.7 Å². The number of fused-ring (bicyclic) bond motifs is 1. The van der Waals surface area contributed by atoms with Crippen LogP contribution in [0.15, 0.2) is 73.4 Å². The minimum atomic E-state index is -0.658. The van der Waals surface area contributed by atoms with E-state index in [4.69, 9.17) is 14.7 Å². The summed E-state index contributed by atoms with van der Waals surface area (Å²) in [5.41, 5.74) is 4.11. The molecule has 1 fully saturated rings. The first-order chi connectivity index (χ1) is 21.4. The van der Waals surface area contributed by atoms with Gasteiger partial charge in [-0.05, 0) is 48.5 Å². The fraction of sp³-hybridized carbons (Fsp3) is 0.194. The third-order valence-corrected chi connectivity index (χ3v) is 6.99. The van der Waals surface area contributed by atoms with Crippen molar-refractivity contribution in [1.29, 1.82) is 0 Å². The number of halogens is 1. The van der Waals surface area contributed by atoms with Crippen LogP contribution in [0.1, 0.15) is 10.4 Å². The number of hydrogen-bond donors (Lipinski definition) is 2. The number of pyridine rings is 1. The van der Waals surface area contributed by atoms with E-state index in [1.807, 2.05) is 6.07 Å². The zero-order valence-electron chi connectivity index (χ0n) is 24.0. The highest BCUT2D eigenvalue weighted by molar-refractivity contribution is 6.00. The number of rotatable bonds is 6. The van der Waals surface area contributed by atoms with Gasteiger partial charge in [0, 0.05) is 73.7 Å². The van der Waals surface area contributed by atoms with Gasteiger partial charge in [-0.2, -0.15) is 0 Å². The fourth-order valence-electron chi connectivity index (χ4n) is 4.73. The second kappa shape index (κ2) is 12.4. The number of aromatic nitrogens is 5. The number of ether oxygens (including phenoxy) is 1. The molecule has 1 saturated heterocycles. The first kappa shape index (κ1) is 28.6. The van der Waals surface area contributed by atoms with Crippen molar-refractivity contribution in [2.45, 2.75) is 0 Å². The van der Waals surface area contributed by atoms with Crippen molar-refractivity contribution in [2.24, 2.45) is 0 Å². The summed E-state index contributed by atoms with van der Waals surface area (Å²) in [6.45, 7) is 2.36. The topological polar surface area (TPSA) is 138 Å². The first-order valence-electron chi connectivity index (χ1n) is 13.8. The van der Waals surface area contributed by atoms with E-state index in [2.05, 4.69) is 30.5 Å². The maximum atomic E-state index is 15.3. The molecule has 2 N–H and O–H groups in total. The SMILES string of the molecule is CN(C)C(=O)c1ccc(NC(=O)Nc2ccc(-c3nc(N4CCOCC4)c4ncc(-c5cncnc5)cc4n3)cc2F)cc1. The maximum absolute atomic E-state index is 15.3. The minimum absolute atomic E-state index is 0.0205. The lowest BCUT2D eigenvalue weighted by Gasteiger charge is -2.28. The molecule has 222 valence electrons. The Labute approximate surface area is 252 Å². The van der Waals surface area contributed by atoms with Crippen LogP contribution < -0.4 is 15.5 Å². The van der Waals surface area contributed by atoms with E-state index in [-0.39, 0.29) is 11.6 Å². The van der Waals surface area contributed by atoms with Gasteiger partial charge in [-0.25, -0.2) is 29.1 Å². The number of amides is 3. The standard InChI is InChI=1S/C31H28FN9O3/c1-40(2)30(42)19-3-6-23(7-4-19)36-31(43)38-25-8-5-20(13-24(25)32)28-37-26-14-21(22-15-33-18-34-16-22)17-35-27(26)29(39-28)41-9-11-44-12-10-41/h3-8,13-18H,9-12H2,1-2H3,(H2,36,38,43). The van der Waals surface area contributed by atoms with Gasteiger partial charge < -0.3 is 25.2 Å². The van der Waals surface area contributed by atoms with Gasteiger partial charge in [0.25, 0.3) is 5.91 Å². The van der Waals surface area contributed by atoms with Gasteiger partial charge in [-0.3, -0.25) is 9.78 Å². The number of carbonyl (C=O) groups is 2. The lowest BCUT2D eigenvalue weighted by molar-refractivity contribution is 0.0827. The molecule has 44 heavy (non-hydrogen) atoms. The second-order valence-corrected chi connectivity index (χ2v) is 10.2. The van der Waals surface area contributed by atoms with Crippen molar-refractivity contribution in [1.82, 2.24) is 29.8 Å². The van der Waals surface area contributed by atoms with Crippen molar-refractivity contribution in [3.63, 3.8) is 0 Å². The molecule has 3 amide bonds. The zero-order chi connectivity index (χ0) is 30.6. The smallest absolute Gasteiger partial charge is 0.323 e. The van der Waals surface area contributed by atoms with Crippen LogP contribution in [0.2, 0.25) is 0 Å². The van der Waals surface area contributed by atoms with E-state index in [1.54, 1.807) is 63.0 Å². The lowest BCUT2D eigenvalue weighted by Crippen LogP contribution is -2.37. The van der Waals surface area contributed by atoms with E-state index in [1.165, 1.54) is 23.4 Å². The van der Waals surface area contributed by atoms with Crippen LogP contribution in [-0.4, -0.2) is 82.2 Å². The number of urea groups is 1. The highest BCUT2D eigenvalue weighted by atomic mass is 19.1. The van der Waals surface area contributed by atoms with E-state index in [9.17, 15) is 9.59 Å². The van der Waals surface area contributed by atoms with E-state index < -0.39 is 11.8 Å². The molecule has 0 spiro atoms. The van der Waals surface area contributed by atoms with Gasteiger partial charge in [-0.1, -0.05) is 0 Å². The Balaban J connectivity index is 1.26. The molecule has 4 heterocycles. The predicted molar refractivity (Wildman–Crippen MR) is 164 cm³/mol. The molecule has 2 aromatic carbocycles. The van der Waals surface area contributed by atoms with Crippen LogP contribution in [-0.2, 0) is 4.74 Å². The van der Waals surface area contributed by atoms with Crippen molar-refractivity contribution < 1.29 is 18.7 Å². The summed E-state index contributed by atoms with van der Waals surface area (Å²) in [5, 5.41) is 5.17. The summed E-state index contributed by atoms with van der Waals surface area (Å²) in [7, 11) is 3.32. The Hall–Kier alpha value is -5.56. The largest absolute Gasteiger partial charge is 0.378 e. The Morgan fingerprint density at radius 1 is 0.886 bits per heavy atom. The van der Waals surface area contributed by atoms with Crippen molar-refractivity contribution in [2.75, 3.05) is 55.9 Å². The summed E-state index contributed by atoms with van der Waals surface area (Å²) < 4.78 is 20.8. The number of hydrogen-bond acceptors (Lipinski definition) is 9. The molecule has 0 aliphatic carbocycles. The molecule has 5 aromatic rings. The van der Waals surface area contributed by atoms with Crippen LogP contribution >= 0.6 is 0 Å². The normalized spacial score (nSPS) is 13.0. The summed E-state index contributed by atoms with van der Waals surface area (Å²) in [6, 6.07) is 12.0. The third-order valence-electron chi connectivity index (χ3n) is 6.99. The Bertz CT molecular complexity index is 1830. The van der Waals surface area contributed by atoms with Crippen LogP contribution in [0.5, 0.6) is 0 Å². The van der Waals surface area contributed by atoms with E-state index in [0.29, 0.717) is 65.8 Å². The number of nitrogens with zero attached hydrogens (tertiary/aromatic N) is 7. The third kappa shape index (κ3) is 6.13. The molecule has 3 aromatic heterocycles. The Morgan fingerprint density at radius 2 is 1.64 bits per heavy atom. The molecule has 0 atom stereocenters. The van der Waals surface area contributed by atoms with E-state index >= 15 is 4.39 Å². The zero-order valence-corrected chi connectivity index (χ0v) is 24.0. The summed E-state index contributed by atoms with van der Waals surface area (Å²) in [6.07, 6.45) is 6.58. The second-order valence-electron chi connectivity index (χ2n) is 10.2. The molecule has 0 unspecified atom stereocenters. The summed E-state index contributed by atoms with van der Waals surface area (Å²) in [5.74, 6) is 0.126. The van der Waals surface area contributed by atoms with Crippen molar-refractivity contribution in [3.05, 3.63) is 84.8 Å². The van der Waals surface area contributed by atoms with Gasteiger partial charge >= 0.3 is 6.03 Å². The average molecular weight is 594 g/mol. The Kier molecular flexibility index (Phi) is 8.02. The number of nitrogens with one attached hydrogen (secondary N) is 2. The number of morpholine rings is 1. The highest BCUT2D eigenvalue weighted by Crippen LogP contribution is 2.31. The van der Waals surface area contributed by atoms with Crippen LogP contribution in [0.4, 0.5) is 26.4 Å². The van der Waals surface area contributed by atoms with Crippen LogP contribution in [0, 0.1) is 5.82 Å². The van der Waals surface area contributed by atoms with E-state index in [0.717, 1.165) is 11.1 Å². The molecule has 0 bridgehead atoms. The maximum Gasteiger partial charge on any atom is 0.323 e. The monoisotopic (exact) mass is 593 g/mol. The molecule has 1 aliphatic heterocycles. The molecule has 1 aliphatic rings. The summed E-state index contributed by atoms with van der Waals surface area (Å²) >= 11 is 0. The highest BCUT2D eigenvalue weighted by Gasteiger charge is 2.20. The number of anilines is 3. The van der Waals surface area contributed by atoms with Crippen molar-refractivity contribution in [3.8, 4) is 22.5 Å². The Morgan fingerprint density at radius 3 is 2.34 bits per heavy atom. The van der Waals surface area contributed by atoms with Crippen molar-refractivity contribution >= 4 is 40.2 Å². The molecule has 6 rings (SSSR count). The molecule has 0 saturated carbocycles. The van der Waals surface area contributed by atoms with Gasteiger partial charge in [-0.15, -0.1) is 0 Å². The number of carbonyl (C=O) groups excluding carboxylic acids is 2. The molecule has 12 nitrogen and oxygen atoms in total. The molecule has 0 radical (unpaired) electrons.